The van der Waals surface area contributed by atoms with E-state index in [0.29, 0.717) is 30.5 Å². The summed E-state index contributed by atoms with van der Waals surface area (Å²) in [6.45, 7) is 17.8. The molecule has 0 aliphatic heterocycles. The van der Waals surface area contributed by atoms with Gasteiger partial charge in [0.05, 0.1) is 12.0 Å². The average Bonchev–Trinajstić information content (AvgIpc) is 3.15. The minimum absolute atomic E-state index is 0.0618. The first kappa shape index (κ1) is 28.1. The van der Waals surface area contributed by atoms with E-state index in [0.717, 1.165) is 44.3 Å². The lowest BCUT2D eigenvalue weighted by atomic mass is 9.52. The second-order valence-corrected chi connectivity index (χ2v) is 10.3. The van der Waals surface area contributed by atoms with Crippen LogP contribution in [-0.2, 0) is 19.1 Å². The molecule has 0 bridgehead atoms. The Kier molecular flexibility index (Phi) is 9.96. The maximum absolute atomic E-state index is 11.9. The first-order valence-electron chi connectivity index (χ1n) is 13.2. The van der Waals surface area contributed by atoms with Gasteiger partial charge in [0.2, 0.25) is 0 Å². The van der Waals surface area contributed by atoms with Gasteiger partial charge in [0.1, 0.15) is 6.10 Å². The lowest BCUT2D eigenvalue weighted by Crippen LogP contribution is -2.46. The normalized spacial score (nSPS) is 33.5. The van der Waals surface area contributed by atoms with Crippen LogP contribution in [0.15, 0.2) is 48.0 Å². The molecule has 2 saturated carbocycles. The predicted molar refractivity (Wildman–Crippen MR) is 139 cm³/mol. The van der Waals surface area contributed by atoms with E-state index in [2.05, 4.69) is 26.5 Å². The van der Waals surface area contributed by atoms with Crippen LogP contribution < -0.4 is 0 Å². The number of ketones is 1. The molecular weight excluding hydrogens is 424 g/mol. The minimum Gasteiger partial charge on any atom is -0.471 e. The van der Waals surface area contributed by atoms with Crippen molar-refractivity contribution in [3.63, 3.8) is 0 Å². The van der Waals surface area contributed by atoms with Crippen molar-refractivity contribution in [3.8, 4) is 0 Å². The van der Waals surface area contributed by atoms with Gasteiger partial charge in [0.25, 0.3) is 0 Å². The third kappa shape index (κ3) is 5.75. The molecule has 5 atom stereocenters. The van der Waals surface area contributed by atoms with Crippen LogP contribution in [0.1, 0.15) is 99.8 Å². The summed E-state index contributed by atoms with van der Waals surface area (Å²) in [6.07, 6.45) is 15.4. The first-order valence-corrected chi connectivity index (χ1v) is 13.2. The average molecular weight is 471 g/mol. The summed E-state index contributed by atoms with van der Waals surface area (Å²) in [4.78, 5) is 23.7. The molecule has 0 radical (unpaired) electrons. The fourth-order valence-electron chi connectivity index (χ4n) is 6.43. The van der Waals surface area contributed by atoms with Gasteiger partial charge < -0.3 is 9.47 Å². The summed E-state index contributed by atoms with van der Waals surface area (Å²) in [5.41, 5.74) is 3.13. The van der Waals surface area contributed by atoms with Crippen LogP contribution in [0.25, 0.3) is 0 Å². The molecule has 4 aliphatic carbocycles. The molecule has 0 aromatic heterocycles. The third-order valence-corrected chi connectivity index (χ3v) is 8.21. The number of hydrogen-bond donors (Lipinski definition) is 0. The maximum atomic E-state index is 11.9. The van der Waals surface area contributed by atoms with Gasteiger partial charge in [0, 0.05) is 23.7 Å². The molecule has 0 amide bonds. The Balaban J connectivity index is 0.000000393. The number of allylic oxidation sites excluding steroid dienone is 6. The van der Waals surface area contributed by atoms with Crippen molar-refractivity contribution >= 4 is 11.8 Å². The molecule has 0 aromatic rings. The van der Waals surface area contributed by atoms with Crippen molar-refractivity contribution in [1.29, 1.82) is 0 Å². The van der Waals surface area contributed by atoms with Gasteiger partial charge in [-0.15, -0.1) is 0 Å². The summed E-state index contributed by atoms with van der Waals surface area (Å²) in [5, 5.41) is 0. The Morgan fingerprint density at radius 2 is 1.91 bits per heavy atom. The molecule has 0 saturated heterocycles. The van der Waals surface area contributed by atoms with Crippen LogP contribution in [-0.4, -0.2) is 17.9 Å². The fraction of sp³-hybridized carbons (Fsp3) is 0.667. The topological polar surface area (TPSA) is 52.6 Å². The van der Waals surface area contributed by atoms with E-state index in [1.807, 2.05) is 39.8 Å². The molecule has 0 spiro atoms. The zero-order valence-corrected chi connectivity index (χ0v) is 22.5. The molecule has 190 valence electrons. The van der Waals surface area contributed by atoms with Crippen LogP contribution in [0.2, 0.25) is 0 Å². The number of esters is 1. The highest BCUT2D eigenvalue weighted by Crippen LogP contribution is 2.63. The van der Waals surface area contributed by atoms with E-state index >= 15 is 0 Å². The number of rotatable bonds is 4. The number of fused-ring (bicyclic) bond motifs is 5. The van der Waals surface area contributed by atoms with Crippen LogP contribution in [0, 0.1) is 22.7 Å². The smallest absolute Gasteiger partial charge is 0.305 e. The molecule has 4 rings (SSSR count). The zero-order valence-electron chi connectivity index (χ0n) is 22.5. The molecular formula is C30H46O4. The Morgan fingerprint density at radius 3 is 2.50 bits per heavy atom. The van der Waals surface area contributed by atoms with E-state index < -0.39 is 0 Å². The van der Waals surface area contributed by atoms with Crippen molar-refractivity contribution in [2.75, 3.05) is 0 Å². The molecule has 0 heterocycles. The summed E-state index contributed by atoms with van der Waals surface area (Å²) in [5.74, 6) is 2.17. The highest BCUT2D eigenvalue weighted by Gasteiger charge is 2.57. The lowest BCUT2D eigenvalue weighted by Gasteiger charge is -2.53. The van der Waals surface area contributed by atoms with Crippen molar-refractivity contribution < 1.29 is 19.1 Å². The summed E-state index contributed by atoms with van der Waals surface area (Å²) in [7, 11) is 0. The van der Waals surface area contributed by atoms with Crippen molar-refractivity contribution in [2.24, 2.45) is 22.7 Å². The summed E-state index contributed by atoms with van der Waals surface area (Å²) < 4.78 is 10.7. The number of carbonyl (C=O) groups excluding carboxylic acids is 2. The fourth-order valence-corrected chi connectivity index (χ4v) is 6.43. The van der Waals surface area contributed by atoms with E-state index in [1.54, 1.807) is 18.8 Å². The van der Waals surface area contributed by atoms with Gasteiger partial charge in [0.15, 0.2) is 5.78 Å². The minimum atomic E-state index is -0.0618. The van der Waals surface area contributed by atoms with Gasteiger partial charge in [-0.3, -0.25) is 9.59 Å². The van der Waals surface area contributed by atoms with Crippen LogP contribution >= 0.6 is 0 Å². The third-order valence-electron chi connectivity index (χ3n) is 8.21. The maximum Gasteiger partial charge on any atom is 0.305 e. The first-order chi connectivity index (χ1) is 16.2. The van der Waals surface area contributed by atoms with Crippen molar-refractivity contribution in [1.82, 2.24) is 0 Å². The standard InChI is InChI=1S/C22H30O3.C6H10O.C2H6/c1-4-20(24)25-19-8-7-17-16-6-5-14-13-15(23)9-11-21(14,2)18(16)10-12-22(17,19)3;1-4-5-7-6(2)3;1-2/h10,13,16-17,19H,4-9,11-12H2,1-3H3;4-5H,2H2,1,3H3;1-2H3/b;5-4-;. The van der Waals surface area contributed by atoms with E-state index in [-0.39, 0.29) is 22.9 Å². The Morgan fingerprint density at radius 1 is 1.21 bits per heavy atom. The quantitative estimate of drug-likeness (QED) is 0.238. The molecule has 0 aromatic carbocycles. The SMILES string of the molecule is C=C(C)O/C=C\C.CC.CCC(=O)OC1CCC2C3CCC4=CC(=O)CCC4(C)C3=CCC12C. The number of hydrogen-bond acceptors (Lipinski definition) is 4. The molecule has 5 unspecified atom stereocenters. The molecule has 4 heteroatoms. The second-order valence-electron chi connectivity index (χ2n) is 10.3. The second kappa shape index (κ2) is 12.0. The zero-order chi connectivity index (χ0) is 25.5. The molecule has 34 heavy (non-hydrogen) atoms. The van der Waals surface area contributed by atoms with Gasteiger partial charge >= 0.3 is 5.97 Å². The Labute approximate surface area is 207 Å². The Bertz CT molecular complexity index is 848. The van der Waals surface area contributed by atoms with Gasteiger partial charge in [-0.2, -0.15) is 0 Å². The number of carbonyl (C=O) groups is 2. The monoisotopic (exact) mass is 470 g/mol. The van der Waals surface area contributed by atoms with Gasteiger partial charge in [-0.05, 0) is 70.3 Å². The lowest BCUT2D eigenvalue weighted by molar-refractivity contribution is -0.155. The molecule has 0 N–H and O–H groups in total. The van der Waals surface area contributed by atoms with Crippen LogP contribution in [0.5, 0.6) is 0 Å². The highest BCUT2D eigenvalue weighted by atomic mass is 16.5. The molecule has 2 fully saturated rings. The van der Waals surface area contributed by atoms with Crippen molar-refractivity contribution in [3.05, 3.63) is 48.0 Å². The van der Waals surface area contributed by atoms with Crippen molar-refractivity contribution in [2.45, 2.75) is 106 Å². The highest BCUT2D eigenvalue weighted by molar-refractivity contribution is 5.92. The Hall–Kier alpha value is -2.10. The summed E-state index contributed by atoms with van der Waals surface area (Å²) >= 11 is 0. The largest absolute Gasteiger partial charge is 0.471 e. The van der Waals surface area contributed by atoms with E-state index in [9.17, 15) is 9.59 Å². The molecule has 4 aliphatic rings. The van der Waals surface area contributed by atoms with E-state index in [1.165, 1.54) is 5.57 Å². The summed E-state index contributed by atoms with van der Waals surface area (Å²) in [6, 6.07) is 0. The van der Waals surface area contributed by atoms with Crippen LogP contribution in [0.4, 0.5) is 0 Å². The van der Waals surface area contributed by atoms with E-state index in [4.69, 9.17) is 9.47 Å². The number of ether oxygens (including phenoxy) is 2. The van der Waals surface area contributed by atoms with Gasteiger partial charge in [-0.25, -0.2) is 0 Å². The van der Waals surface area contributed by atoms with Gasteiger partial charge in [-0.1, -0.05) is 64.5 Å². The molecule has 4 nitrogen and oxygen atoms in total. The predicted octanol–water partition coefficient (Wildman–Crippen LogP) is 7.86. The van der Waals surface area contributed by atoms with Crippen LogP contribution in [0.3, 0.4) is 0 Å².